The first-order chi connectivity index (χ1) is 11.8. The molecule has 0 N–H and O–H groups in total. The van der Waals surface area contributed by atoms with Crippen molar-refractivity contribution in [1.29, 1.82) is 0 Å². The third-order valence-corrected chi connectivity index (χ3v) is 5.08. The van der Waals surface area contributed by atoms with Crippen molar-refractivity contribution >= 4 is 28.9 Å². The zero-order valence-corrected chi connectivity index (χ0v) is 15.6. The van der Waals surface area contributed by atoms with Gasteiger partial charge in [-0.2, -0.15) is 0 Å². The van der Waals surface area contributed by atoms with Gasteiger partial charge >= 0.3 is 0 Å². The van der Waals surface area contributed by atoms with E-state index in [1.165, 1.54) is 59.9 Å². The molecule has 1 fully saturated rings. The lowest BCUT2D eigenvalue weighted by molar-refractivity contribution is 0.576. The molecule has 0 amide bonds. The van der Waals surface area contributed by atoms with Gasteiger partial charge in [-0.3, -0.25) is 4.98 Å². The van der Waals surface area contributed by atoms with Gasteiger partial charge in [0.2, 0.25) is 0 Å². The standard InChI is InChI=1S/C22H24N2.ClH/c1-17-16-23-20(15-22(17)24-12-5-2-6-13-24)14-19-10-7-9-18-8-3-4-11-21(18)19;/h3-4,7-11,15-16H,2,5-6,12-14H2,1H3;1H. The molecule has 0 aliphatic carbocycles. The van der Waals surface area contributed by atoms with Gasteiger partial charge in [0, 0.05) is 37.1 Å². The van der Waals surface area contributed by atoms with Crippen LogP contribution in [0.3, 0.4) is 0 Å². The molecule has 1 aliphatic heterocycles. The number of nitrogens with zero attached hydrogens (tertiary/aromatic N) is 2. The van der Waals surface area contributed by atoms with Crippen LogP contribution in [0.5, 0.6) is 0 Å². The highest BCUT2D eigenvalue weighted by Crippen LogP contribution is 2.26. The number of piperidine rings is 1. The van der Waals surface area contributed by atoms with E-state index in [1.54, 1.807) is 0 Å². The number of benzene rings is 2. The van der Waals surface area contributed by atoms with Crippen molar-refractivity contribution in [2.75, 3.05) is 18.0 Å². The Hall–Kier alpha value is -2.06. The van der Waals surface area contributed by atoms with Crippen LogP contribution in [0, 0.1) is 6.92 Å². The van der Waals surface area contributed by atoms with Gasteiger partial charge < -0.3 is 4.90 Å². The number of aromatic nitrogens is 1. The summed E-state index contributed by atoms with van der Waals surface area (Å²) in [4.78, 5) is 7.24. The van der Waals surface area contributed by atoms with Crippen LogP contribution in [0.25, 0.3) is 10.8 Å². The maximum atomic E-state index is 4.71. The molecule has 1 aromatic heterocycles. The van der Waals surface area contributed by atoms with E-state index in [4.69, 9.17) is 4.98 Å². The van der Waals surface area contributed by atoms with Crippen molar-refractivity contribution in [2.24, 2.45) is 0 Å². The van der Waals surface area contributed by atoms with Crippen molar-refractivity contribution in [3.63, 3.8) is 0 Å². The Balaban J connectivity index is 0.00000182. The summed E-state index contributed by atoms with van der Waals surface area (Å²) < 4.78 is 0. The molecule has 3 aromatic rings. The summed E-state index contributed by atoms with van der Waals surface area (Å²) in [6.45, 7) is 4.54. The number of halogens is 1. The third-order valence-electron chi connectivity index (χ3n) is 5.08. The van der Waals surface area contributed by atoms with E-state index in [1.807, 2.05) is 6.20 Å². The molecule has 0 saturated carbocycles. The molecular weight excluding hydrogens is 328 g/mol. The molecule has 0 unspecified atom stereocenters. The normalized spacial score (nSPS) is 14.4. The first-order valence-electron chi connectivity index (χ1n) is 8.98. The van der Waals surface area contributed by atoms with Crippen LogP contribution >= 0.6 is 12.4 Å². The number of rotatable bonds is 3. The number of pyridine rings is 1. The average Bonchev–Trinajstić information content (AvgIpc) is 2.64. The lowest BCUT2D eigenvalue weighted by Gasteiger charge is -2.30. The van der Waals surface area contributed by atoms with Crippen molar-refractivity contribution in [3.05, 3.63) is 71.5 Å². The zero-order chi connectivity index (χ0) is 16.4. The van der Waals surface area contributed by atoms with Gasteiger partial charge in [0.1, 0.15) is 0 Å². The molecule has 0 atom stereocenters. The molecule has 130 valence electrons. The van der Waals surface area contributed by atoms with Gasteiger partial charge in [0.15, 0.2) is 0 Å². The van der Waals surface area contributed by atoms with E-state index in [0.717, 1.165) is 12.1 Å². The molecule has 2 nitrogen and oxygen atoms in total. The molecule has 3 heteroatoms. The Morgan fingerprint density at radius 2 is 1.72 bits per heavy atom. The van der Waals surface area contributed by atoms with Gasteiger partial charge in [-0.25, -0.2) is 0 Å². The highest BCUT2D eigenvalue weighted by molar-refractivity contribution is 5.86. The molecule has 1 saturated heterocycles. The number of anilines is 1. The SMILES string of the molecule is Cc1cnc(Cc2cccc3ccccc23)cc1N1CCCCC1.Cl. The zero-order valence-electron chi connectivity index (χ0n) is 14.7. The minimum atomic E-state index is 0. The molecule has 4 rings (SSSR count). The number of hydrogen-bond donors (Lipinski definition) is 0. The molecule has 0 spiro atoms. The fraction of sp³-hybridized carbons (Fsp3) is 0.318. The minimum absolute atomic E-state index is 0. The summed E-state index contributed by atoms with van der Waals surface area (Å²) in [5.74, 6) is 0. The van der Waals surface area contributed by atoms with Crippen LogP contribution in [-0.2, 0) is 6.42 Å². The summed E-state index contributed by atoms with van der Waals surface area (Å²) >= 11 is 0. The van der Waals surface area contributed by atoms with Crippen LogP contribution in [0.2, 0.25) is 0 Å². The number of fused-ring (bicyclic) bond motifs is 1. The molecule has 1 aliphatic rings. The summed E-state index contributed by atoms with van der Waals surface area (Å²) in [5, 5.41) is 2.64. The van der Waals surface area contributed by atoms with E-state index >= 15 is 0 Å². The van der Waals surface area contributed by atoms with E-state index in [0.29, 0.717) is 0 Å². The Kier molecular flexibility index (Phi) is 5.60. The maximum Gasteiger partial charge on any atom is 0.0468 e. The van der Waals surface area contributed by atoms with E-state index in [2.05, 4.69) is 60.4 Å². The Labute approximate surface area is 156 Å². The maximum absolute atomic E-state index is 4.71. The quantitative estimate of drug-likeness (QED) is 0.614. The minimum Gasteiger partial charge on any atom is -0.371 e. The number of aryl methyl sites for hydroxylation is 1. The lowest BCUT2D eigenvalue weighted by atomic mass is 10.00. The molecule has 2 aromatic carbocycles. The van der Waals surface area contributed by atoms with Crippen molar-refractivity contribution in [2.45, 2.75) is 32.6 Å². The first-order valence-corrected chi connectivity index (χ1v) is 8.98. The lowest BCUT2D eigenvalue weighted by Crippen LogP contribution is -2.30. The summed E-state index contributed by atoms with van der Waals surface area (Å²) in [6.07, 6.45) is 6.91. The van der Waals surface area contributed by atoms with Crippen LogP contribution < -0.4 is 4.90 Å². The van der Waals surface area contributed by atoms with Gasteiger partial charge in [-0.15, -0.1) is 12.4 Å². The van der Waals surface area contributed by atoms with Crippen molar-refractivity contribution in [1.82, 2.24) is 4.98 Å². The third kappa shape index (κ3) is 3.80. The summed E-state index contributed by atoms with van der Waals surface area (Å²) in [6, 6.07) is 17.5. The number of hydrogen-bond acceptors (Lipinski definition) is 2. The van der Waals surface area contributed by atoms with E-state index in [-0.39, 0.29) is 12.4 Å². The van der Waals surface area contributed by atoms with Gasteiger partial charge in [-0.05, 0) is 54.2 Å². The van der Waals surface area contributed by atoms with Gasteiger partial charge in [0.25, 0.3) is 0 Å². The Bertz CT molecular complexity index is 848. The topological polar surface area (TPSA) is 16.1 Å². The van der Waals surface area contributed by atoms with Crippen molar-refractivity contribution in [3.8, 4) is 0 Å². The monoisotopic (exact) mass is 352 g/mol. The molecule has 25 heavy (non-hydrogen) atoms. The Morgan fingerprint density at radius 1 is 0.960 bits per heavy atom. The second-order valence-corrected chi connectivity index (χ2v) is 6.82. The molecule has 0 radical (unpaired) electrons. The summed E-state index contributed by atoms with van der Waals surface area (Å²) in [5.41, 5.74) is 5.19. The predicted octanol–water partition coefficient (Wildman–Crippen LogP) is 5.55. The first kappa shape index (κ1) is 17.8. The van der Waals surface area contributed by atoms with Crippen LogP contribution in [0.1, 0.15) is 36.1 Å². The fourth-order valence-electron chi connectivity index (χ4n) is 3.77. The largest absolute Gasteiger partial charge is 0.371 e. The van der Waals surface area contributed by atoms with Gasteiger partial charge in [0.05, 0.1) is 0 Å². The highest BCUT2D eigenvalue weighted by atomic mass is 35.5. The second-order valence-electron chi connectivity index (χ2n) is 6.82. The van der Waals surface area contributed by atoms with Crippen molar-refractivity contribution < 1.29 is 0 Å². The van der Waals surface area contributed by atoms with Crippen LogP contribution in [-0.4, -0.2) is 18.1 Å². The van der Waals surface area contributed by atoms with E-state index < -0.39 is 0 Å². The predicted molar refractivity (Wildman–Crippen MR) is 109 cm³/mol. The molecular formula is C22H25ClN2. The van der Waals surface area contributed by atoms with E-state index in [9.17, 15) is 0 Å². The highest BCUT2D eigenvalue weighted by Gasteiger charge is 2.14. The van der Waals surface area contributed by atoms with Crippen LogP contribution in [0.4, 0.5) is 5.69 Å². The second kappa shape index (κ2) is 7.88. The molecule has 2 heterocycles. The van der Waals surface area contributed by atoms with Gasteiger partial charge in [-0.1, -0.05) is 42.5 Å². The Morgan fingerprint density at radius 3 is 2.56 bits per heavy atom. The summed E-state index contributed by atoms with van der Waals surface area (Å²) in [7, 11) is 0. The smallest absolute Gasteiger partial charge is 0.0468 e. The average molecular weight is 353 g/mol. The molecule has 0 bridgehead atoms. The fourth-order valence-corrected chi connectivity index (χ4v) is 3.77. The van der Waals surface area contributed by atoms with Crippen LogP contribution in [0.15, 0.2) is 54.7 Å².